The largest absolute Gasteiger partial charge is 0.343 e. The van der Waals surface area contributed by atoms with Crippen molar-refractivity contribution in [2.24, 2.45) is 5.10 Å². The van der Waals surface area contributed by atoms with Gasteiger partial charge in [-0.15, -0.1) is 0 Å². The minimum Gasteiger partial charge on any atom is -0.343 e. The van der Waals surface area contributed by atoms with E-state index < -0.39 is 5.91 Å². The van der Waals surface area contributed by atoms with Crippen molar-refractivity contribution < 1.29 is 9.59 Å². The maximum absolute atomic E-state index is 12.0. The normalized spacial score (nSPS) is 11.0. The molecule has 0 radical (unpaired) electrons. The summed E-state index contributed by atoms with van der Waals surface area (Å²) < 4.78 is 0. The lowest BCUT2D eigenvalue weighted by molar-refractivity contribution is -0.120. The molecule has 3 aromatic rings. The highest BCUT2D eigenvalue weighted by Crippen LogP contribution is 2.19. The van der Waals surface area contributed by atoms with Gasteiger partial charge in [-0.2, -0.15) is 5.10 Å². The summed E-state index contributed by atoms with van der Waals surface area (Å²) in [6, 6.07) is 24.5. The van der Waals surface area contributed by atoms with Crippen LogP contribution in [0.3, 0.4) is 0 Å². The molecule has 0 aliphatic rings. The van der Waals surface area contributed by atoms with Crippen molar-refractivity contribution in [3.63, 3.8) is 0 Å². The number of nitrogens with one attached hydrogen (secondary N) is 2. The Morgan fingerprint density at radius 1 is 0.862 bits per heavy atom. The van der Waals surface area contributed by atoms with Gasteiger partial charge in [-0.3, -0.25) is 9.59 Å². The quantitative estimate of drug-likeness (QED) is 0.474. The first-order chi connectivity index (χ1) is 14.0. The summed E-state index contributed by atoms with van der Waals surface area (Å²) in [7, 11) is 0. The minimum atomic E-state index is -0.416. The molecule has 2 N–H and O–H groups in total. The van der Waals surface area contributed by atoms with Crippen LogP contribution in [0.15, 0.2) is 84.0 Å². The van der Waals surface area contributed by atoms with Crippen molar-refractivity contribution in [3.8, 4) is 11.1 Å². The van der Waals surface area contributed by atoms with Gasteiger partial charge in [0.05, 0.1) is 12.3 Å². The molecule has 0 saturated carbocycles. The van der Waals surface area contributed by atoms with Gasteiger partial charge in [0.25, 0.3) is 11.8 Å². The summed E-state index contributed by atoms with van der Waals surface area (Å²) in [6.07, 6.45) is 0. The molecule has 5 nitrogen and oxygen atoms in total. The second-order valence-electron chi connectivity index (χ2n) is 6.37. The molecule has 0 spiro atoms. The lowest BCUT2D eigenvalue weighted by Crippen LogP contribution is -2.35. The predicted molar refractivity (Wildman–Crippen MR) is 116 cm³/mol. The molecule has 0 atom stereocenters. The zero-order valence-electron chi connectivity index (χ0n) is 15.9. The van der Waals surface area contributed by atoms with E-state index in [1.165, 1.54) is 6.07 Å². The van der Waals surface area contributed by atoms with Crippen LogP contribution in [0.1, 0.15) is 22.8 Å². The summed E-state index contributed by atoms with van der Waals surface area (Å²) in [4.78, 5) is 24.0. The molecule has 3 rings (SSSR count). The van der Waals surface area contributed by atoms with Crippen LogP contribution in [-0.2, 0) is 4.79 Å². The first-order valence-electron chi connectivity index (χ1n) is 9.05. The highest BCUT2D eigenvalue weighted by Gasteiger charge is 2.08. The molecule has 0 aliphatic heterocycles. The Kier molecular flexibility index (Phi) is 6.76. The molecule has 0 unspecified atom stereocenters. The average Bonchev–Trinajstić information content (AvgIpc) is 2.76. The molecule has 29 heavy (non-hydrogen) atoms. The van der Waals surface area contributed by atoms with Gasteiger partial charge in [0.1, 0.15) is 0 Å². The van der Waals surface area contributed by atoms with Crippen LogP contribution in [0.2, 0.25) is 5.02 Å². The average molecular weight is 406 g/mol. The number of hydrogen-bond donors (Lipinski definition) is 2. The second kappa shape index (κ2) is 9.66. The van der Waals surface area contributed by atoms with Crippen LogP contribution >= 0.6 is 11.6 Å². The highest BCUT2D eigenvalue weighted by atomic mass is 35.5. The second-order valence-corrected chi connectivity index (χ2v) is 6.81. The van der Waals surface area contributed by atoms with Crippen LogP contribution in [0, 0.1) is 0 Å². The fourth-order valence-corrected chi connectivity index (χ4v) is 2.87. The molecular weight excluding hydrogens is 386 g/mol. The van der Waals surface area contributed by atoms with E-state index in [1.54, 1.807) is 18.2 Å². The van der Waals surface area contributed by atoms with E-state index in [-0.39, 0.29) is 12.5 Å². The van der Waals surface area contributed by atoms with Crippen LogP contribution in [0.4, 0.5) is 0 Å². The molecule has 0 bridgehead atoms. The van der Waals surface area contributed by atoms with Gasteiger partial charge in [-0.05, 0) is 41.8 Å². The Morgan fingerprint density at radius 3 is 2.24 bits per heavy atom. The fourth-order valence-electron chi connectivity index (χ4n) is 2.68. The number of rotatable bonds is 6. The Bertz CT molecular complexity index is 1030. The van der Waals surface area contributed by atoms with Gasteiger partial charge in [0.15, 0.2) is 0 Å². The van der Waals surface area contributed by atoms with Crippen molar-refractivity contribution in [2.45, 2.75) is 6.92 Å². The number of benzene rings is 3. The monoisotopic (exact) mass is 405 g/mol. The fraction of sp³-hybridized carbons (Fsp3) is 0.0870. The van der Waals surface area contributed by atoms with E-state index in [9.17, 15) is 9.59 Å². The molecule has 2 amide bonds. The van der Waals surface area contributed by atoms with E-state index in [1.807, 2.05) is 61.5 Å². The van der Waals surface area contributed by atoms with Gasteiger partial charge < -0.3 is 5.32 Å². The van der Waals surface area contributed by atoms with E-state index >= 15 is 0 Å². The summed E-state index contributed by atoms with van der Waals surface area (Å²) in [5.41, 5.74) is 6.65. The van der Waals surface area contributed by atoms with Crippen LogP contribution in [0.5, 0.6) is 0 Å². The molecule has 0 aromatic heterocycles. The zero-order chi connectivity index (χ0) is 20.6. The number of carbonyl (C=O) groups excluding carboxylic acids is 2. The van der Waals surface area contributed by atoms with E-state index in [2.05, 4.69) is 15.8 Å². The summed E-state index contributed by atoms with van der Waals surface area (Å²) in [5, 5.41) is 7.10. The molecule has 6 heteroatoms. The van der Waals surface area contributed by atoms with Crippen molar-refractivity contribution in [3.05, 3.63) is 95.0 Å². The summed E-state index contributed by atoms with van der Waals surface area (Å²) >= 11 is 5.86. The lowest BCUT2D eigenvalue weighted by Gasteiger charge is -2.06. The lowest BCUT2D eigenvalue weighted by atomic mass is 10.0. The van der Waals surface area contributed by atoms with E-state index in [0.29, 0.717) is 16.3 Å². The number of hydrogen-bond acceptors (Lipinski definition) is 3. The third-order valence-corrected chi connectivity index (χ3v) is 4.49. The van der Waals surface area contributed by atoms with Crippen molar-refractivity contribution >= 4 is 29.1 Å². The number of carbonyl (C=O) groups is 2. The topological polar surface area (TPSA) is 70.6 Å². The van der Waals surface area contributed by atoms with Gasteiger partial charge in [0.2, 0.25) is 0 Å². The Morgan fingerprint density at radius 2 is 1.55 bits per heavy atom. The number of amides is 2. The minimum absolute atomic E-state index is 0.185. The number of halogens is 1. The maximum atomic E-state index is 12.0. The van der Waals surface area contributed by atoms with Crippen LogP contribution in [0.25, 0.3) is 11.1 Å². The van der Waals surface area contributed by atoms with Crippen molar-refractivity contribution in [2.75, 3.05) is 6.54 Å². The van der Waals surface area contributed by atoms with Gasteiger partial charge in [-0.1, -0.05) is 72.3 Å². The first-order valence-corrected chi connectivity index (χ1v) is 9.43. The van der Waals surface area contributed by atoms with Crippen molar-refractivity contribution in [1.29, 1.82) is 0 Å². The van der Waals surface area contributed by atoms with Gasteiger partial charge >= 0.3 is 0 Å². The molecular formula is C23H20ClN3O2. The highest BCUT2D eigenvalue weighted by molar-refractivity contribution is 6.31. The standard InChI is InChI=1S/C23H20ClN3O2/c1-16(17-10-12-19(13-11-17)18-6-3-2-4-7-18)26-27-22(28)15-25-23(29)20-8-5-9-21(24)14-20/h2-14H,15H2,1H3,(H,25,29)(H,27,28). The smallest absolute Gasteiger partial charge is 0.259 e. The van der Waals surface area contributed by atoms with Gasteiger partial charge in [-0.25, -0.2) is 5.43 Å². The predicted octanol–water partition coefficient (Wildman–Crippen LogP) is 4.28. The van der Waals surface area contributed by atoms with E-state index in [0.717, 1.165) is 16.7 Å². The molecule has 0 saturated heterocycles. The molecule has 3 aromatic carbocycles. The third kappa shape index (κ3) is 5.77. The van der Waals surface area contributed by atoms with Crippen LogP contribution in [-0.4, -0.2) is 24.1 Å². The molecule has 146 valence electrons. The maximum Gasteiger partial charge on any atom is 0.259 e. The van der Waals surface area contributed by atoms with Crippen LogP contribution < -0.4 is 10.7 Å². The van der Waals surface area contributed by atoms with Crippen molar-refractivity contribution in [1.82, 2.24) is 10.7 Å². The zero-order valence-corrected chi connectivity index (χ0v) is 16.6. The molecule has 0 fully saturated rings. The SMILES string of the molecule is CC(=NNC(=O)CNC(=O)c1cccc(Cl)c1)c1ccc(-c2ccccc2)cc1. The molecule has 0 heterocycles. The Balaban J connectivity index is 1.53. The Labute approximate surface area is 174 Å². The number of nitrogens with zero attached hydrogens (tertiary/aromatic N) is 1. The van der Waals surface area contributed by atoms with E-state index in [4.69, 9.17) is 11.6 Å². The Hall–Kier alpha value is -3.44. The number of hydrazone groups is 1. The third-order valence-electron chi connectivity index (χ3n) is 4.25. The summed E-state index contributed by atoms with van der Waals surface area (Å²) in [5.74, 6) is -0.791. The molecule has 0 aliphatic carbocycles. The first kappa shape index (κ1) is 20.3. The van der Waals surface area contributed by atoms with Gasteiger partial charge in [0, 0.05) is 10.6 Å². The summed E-state index contributed by atoms with van der Waals surface area (Å²) in [6.45, 7) is 1.62.